The molecule has 3 aromatic rings. The number of pyridine rings is 1. The second kappa shape index (κ2) is 8.57. The summed E-state index contributed by atoms with van der Waals surface area (Å²) in [4.78, 5) is 32.0. The molecule has 1 N–H and O–H groups in total. The molecule has 0 aliphatic carbocycles. The SMILES string of the molecule is Cc1nc(-c2cccs2)ccc1C(=O)NCc1cccc(CN2CCCC2=O)c1. The maximum absolute atomic E-state index is 12.6. The first kappa shape index (κ1) is 19.3. The zero-order valence-corrected chi connectivity index (χ0v) is 17.2. The van der Waals surface area contributed by atoms with Crippen molar-refractivity contribution in [3.05, 3.63) is 76.3 Å². The number of benzene rings is 1. The highest BCUT2D eigenvalue weighted by molar-refractivity contribution is 7.13. The van der Waals surface area contributed by atoms with E-state index in [2.05, 4.69) is 16.4 Å². The van der Waals surface area contributed by atoms with E-state index in [0.717, 1.165) is 40.4 Å². The Morgan fingerprint density at radius 2 is 2.03 bits per heavy atom. The van der Waals surface area contributed by atoms with Crippen molar-refractivity contribution in [2.24, 2.45) is 0 Å². The molecule has 0 atom stereocenters. The van der Waals surface area contributed by atoms with E-state index in [0.29, 0.717) is 25.1 Å². The van der Waals surface area contributed by atoms with Crippen LogP contribution in [0.15, 0.2) is 53.9 Å². The lowest BCUT2D eigenvalue weighted by molar-refractivity contribution is -0.128. The van der Waals surface area contributed by atoms with Crippen molar-refractivity contribution in [2.45, 2.75) is 32.9 Å². The highest BCUT2D eigenvalue weighted by atomic mass is 32.1. The molecule has 0 bridgehead atoms. The van der Waals surface area contributed by atoms with Gasteiger partial charge in [-0.2, -0.15) is 0 Å². The lowest BCUT2D eigenvalue weighted by Crippen LogP contribution is -2.25. The number of aryl methyl sites for hydroxylation is 1. The smallest absolute Gasteiger partial charge is 0.253 e. The minimum atomic E-state index is -0.132. The lowest BCUT2D eigenvalue weighted by atomic mass is 10.1. The second-order valence-corrected chi connectivity index (χ2v) is 8.18. The van der Waals surface area contributed by atoms with Gasteiger partial charge in [0.25, 0.3) is 5.91 Å². The van der Waals surface area contributed by atoms with Crippen LogP contribution >= 0.6 is 11.3 Å². The van der Waals surface area contributed by atoms with Crippen LogP contribution in [0.25, 0.3) is 10.6 Å². The average Bonchev–Trinajstić information content (AvgIpc) is 3.39. The van der Waals surface area contributed by atoms with Crippen molar-refractivity contribution >= 4 is 23.2 Å². The number of nitrogens with zero attached hydrogens (tertiary/aromatic N) is 2. The first-order chi connectivity index (χ1) is 14.1. The van der Waals surface area contributed by atoms with Crippen LogP contribution in [0.3, 0.4) is 0 Å². The van der Waals surface area contributed by atoms with E-state index in [1.165, 1.54) is 0 Å². The van der Waals surface area contributed by atoms with Crippen molar-refractivity contribution < 1.29 is 9.59 Å². The molecule has 29 heavy (non-hydrogen) atoms. The molecule has 0 radical (unpaired) electrons. The summed E-state index contributed by atoms with van der Waals surface area (Å²) in [7, 11) is 0. The number of nitrogens with one attached hydrogen (secondary N) is 1. The van der Waals surface area contributed by atoms with Gasteiger partial charge >= 0.3 is 0 Å². The molecule has 1 fully saturated rings. The summed E-state index contributed by atoms with van der Waals surface area (Å²) in [5.41, 5.74) is 4.30. The van der Waals surface area contributed by atoms with Gasteiger partial charge in [-0.15, -0.1) is 11.3 Å². The first-order valence-corrected chi connectivity index (χ1v) is 10.6. The third kappa shape index (κ3) is 4.54. The van der Waals surface area contributed by atoms with Gasteiger partial charge in [-0.1, -0.05) is 30.3 Å². The van der Waals surface area contributed by atoms with E-state index in [9.17, 15) is 9.59 Å². The monoisotopic (exact) mass is 405 g/mol. The molecular weight excluding hydrogens is 382 g/mol. The normalized spacial score (nSPS) is 13.7. The van der Waals surface area contributed by atoms with E-state index in [1.54, 1.807) is 11.3 Å². The van der Waals surface area contributed by atoms with Crippen molar-refractivity contribution in [3.8, 4) is 10.6 Å². The van der Waals surface area contributed by atoms with Gasteiger partial charge in [0, 0.05) is 26.1 Å². The predicted molar refractivity (Wildman–Crippen MR) is 115 cm³/mol. The summed E-state index contributed by atoms with van der Waals surface area (Å²) < 4.78 is 0. The molecule has 3 heterocycles. The fraction of sp³-hybridized carbons (Fsp3) is 0.261. The maximum Gasteiger partial charge on any atom is 0.253 e. The molecule has 1 aromatic carbocycles. The molecular formula is C23H23N3O2S. The van der Waals surface area contributed by atoms with E-state index in [-0.39, 0.29) is 11.8 Å². The minimum Gasteiger partial charge on any atom is -0.348 e. The van der Waals surface area contributed by atoms with Crippen LogP contribution in [-0.2, 0) is 17.9 Å². The van der Waals surface area contributed by atoms with Gasteiger partial charge in [0.15, 0.2) is 0 Å². The predicted octanol–water partition coefficient (Wildman–Crippen LogP) is 4.17. The van der Waals surface area contributed by atoms with Crippen LogP contribution in [-0.4, -0.2) is 28.2 Å². The average molecular weight is 406 g/mol. The van der Waals surface area contributed by atoms with Gasteiger partial charge < -0.3 is 10.2 Å². The number of carbonyl (C=O) groups is 2. The van der Waals surface area contributed by atoms with E-state index in [1.807, 2.05) is 59.7 Å². The van der Waals surface area contributed by atoms with Crippen LogP contribution in [0, 0.1) is 6.92 Å². The second-order valence-electron chi connectivity index (χ2n) is 7.23. The maximum atomic E-state index is 12.6. The Kier molecular flexibility index (Phi) is 5.71. The molecule has 0 unspecified atom stereocenters. The molecule has 1 saturated heterocycles. The van der Waals surface area contributed by atoms with Crippen molar-refractivity contribution in [1.29, 1.82) is 0 Å². The Morgan fingerprint density at radius 1 is 1.17 bits per heavy atom. The topological polar surface area (TPSA) is 62.3 Å². The molecule has 6 heteroatoms. The number of likely N-dealkylation sites (tertiary alicyclic amines) is 1. The highest BCUT2D eigenvalue weighted by Gasteiger charge is 2.20. The van der Waals surface area contributed by atoms with E-state index >= 15 is 0 Å². The van der Waals surface area contributed by atoms with Gasteiger partial charge in [-0.3, -0.25) is 14.6 Å². The first-order valence-electron chi connectivity index (χ1n) is 9.75. The lowest BCUT2D eigenvalue weighted by Gasteiger charge is -2.16. The summed E-state index contributed by atoms with van der Waals surface area (Å²) in [6.07, 6.45) is 1.58. The molecule has 0 saturated carbocycles. The zero-order valence-electron chi connectivity index (χ0n) is 16.4. The standard InChI is InChI=1S/C23H23N3O2S/c1-16-19(9-10-20(25-16)21-7-4-12-29-21)23(28)24-14-17-5-2-6-18(13-17)15-26-11-3-8-22(26)27/h2,4-7,9-10,12-13H,3,8,11,14-15H2,1H3,(H,24,28). The summed E-state index contributed by atoms with van der Waals surface area (Å²) in [5, 5.41) is 5.00. The molecule has 2 amide bonds. The number of carbonyl (C=O) groups excluding carboxylic acids is 2. The molecule has 2 aromatic heterocycles. The van der Waals surface area contributed by atoms with Crippen LogP contribution in [0.4, 0.5) is 0 Å². The molecule has 0 spiro atoms. The number of amides is 2. The number of thiophene rings is 1. The zero-order chi connectivity index (χ0) is 20.2. The highest BCUT2D eigenvalue weighted by Crippen LogP contribution is 2.23. The van der Waals surface area contributed by atoms with Crippen molar-refractivity contribution in [2.75, 3.05) is 6.54 Å². The fourth-order valence-electron chi connectivity index (χ4n) is 3.57. The number of hydrogen-bond acceptors (Lipinski definition) is 4. The fourth-order valence-corrected chi connectivity index (χ4v) is 4.26. The van der Waals surface area contributed by atoms with Crippen LogP contribution in [0.2, 0.25) is 0 Å². The van der Waals surface area contributed by atoms with Crippen LogP contribution < -0.4 is 5.32 Å². The van der Waals surface area contributed by atoms with Crippen molar-refractivity contribution in [1.82, 2.24) is 15.2 Å². The van der Waals surface area contributed by atoms with E-state index < -0.39 is 0 Å². The molecule has 148 valence electrons. The Morgan fingerprint density at radius 3 is 2.76 bits per heavy atom. The van der Waals surface area contributed by atoms with Gasteiger partial charge in [0.05, 0.1) is 21.8 Å². The summed E-state index contributed by atoms with van der Waals surface area (Å²) >= 11 is 1.63. The Balaban J connectivity index is 1.39. The van der Waals surface area contributed by atoms with Crippen molar-refractivity contribution in [3.63, 3.8) is 0 Å². The Labute approximate surface area is 174 Å². The molecule has 4 rings (SSSR count). The van der Waals surface area contributed by atoms with Crippen LogP contribution in [0.5, 0.6) is 0 Å². The quantitative estimate of drug-likeness (QED) is 0.669. The minimum absolute atomic E-state index is 0.132. The summed E-state index contributed by atoms with van der Waals surface area (Å²) in [6, 6.07) is 15.8. The summed E-state index contributed by atoms with van der Waals surface area (Å²) in [5.74, 6) is 0.0885. The third-order valence-corrected chi connectivity index (χ3v) is 5.99. The Hall–Kier alpha value is -2.99. The third-order valence-electron chi connectivity index (χ3n) is 5.09. The van der Waals surface area contributed by atoms with Gasteiger partial charge in [-0.05, 0) is 48.1 Å². The number of hydrogen-bond donors (Lipinski definition) is 1. The molecule has 1 aliphatic rings. The van der Waals surface area contributed by atoms with Gasteiger partial charge in [0.1, 0.15) is 0 Å². The van der Waals surface area contributed by atoms with Crippen LogP contribution in [0.1, 0.15) is 40.0 Å². The van der Waals surface area contributed by atoms with Gasteiger partial charge in [-0.25, -0.2) is 0 Å². The summed E-state index contributed by atoms with van der Waals surface area (Å²) in [6.45, 7) is 3.76. The largest absolute Gasteiger partial charge is 0.348 e. The van der Waals surface area contributed by atoms with Gasteiger partial charge in [0.2, 0.25) is 5.91 Å². The number of rotatable bonds is 6. The Bertz CT molecular complexity index is 1030. The molecule has 1 aliphatic heterocycles. The number of aromatic nitrogens is 1. The van der Waals surface area contributed by atoms with E-state index in [4.69, 9.17) is 0 Å². The molecule has 5 nitrogen and oxygen atoms in total.